The Morgan fingerprint density at radius 3 is 2.48 bits per heavy atom. The number of rotatable bonds is 6. The van der Waals surface area contributed by atoms with Gasteiger partial charge >= 0.3 is 6.09 Å². The van der Waals surface area contributed by atoms with Gasteiger partial charge in [-0.05, 0) is 39.8 Å². The van der Waals surface area contributed by atoms with E-state index >= 15 is 0 Å². The number of guanidine groups is 1. The van der Waals surface area contributed by atoms with Crippen molar-refractivity contribution in [3.05, 3.63) is 35.6 Å². The number of nitrogens with zero attached hydrogens (tertiary/aromatic N) is 3. The number of piperazine rings is 1. The minimum atomic E-state index is -0.460. The maximum atomic E-state index is 13.7. The van der Waals surface area contributed by atoms with Crippen LogP contribution in [0.3, 0.4) is 0 Å². The van der Waals surface area contributed by atoms with Crippen LogP contribution in [-0.2, 0) is 11.3 Å². The van der Waals surface area contributed by atoms with E-state index in [0.717, 1.165) is 32.6 Å². The molecule has 0 radical (unpaired) electrons. The molecular formula is C21H34FN5O2. The van der Waals surface area contributed by atoms with E-state index in [4.69, 9.17) is 4.74 Å². The van der Waals surface area contributed by atoms with Crippen molar-refractivity contribution in [3.8, 4) is 0 Å². The zero-order valence-corrected chi connectivity index (χ0v) is 18.0. The average Bonchev–Trinajstić information content (AvgIpc) is 2.67. The molecule has 0 aromatic heterocycles. The van der Waals surface area contributed by atoms with E-state index < -0.39 is 5.60 Å². The summed E-state index contributed by atoms with van der Waals surface area (Å²) in [6.07, 6.45) is 0.718. The van der Waals surface area contributed by atoms with Crippen molar-refractivity contribution in [1.29, 1.82) is 0 Å². The quantitative estimate of drug-likeness (QED) is 0.431. The van der Waals surface area contributed by atoms with Gasteiger partial charge in [-0.25, -0.2) is 9.18 Å². The van der Waals surface area contributed by atoms with E-state index in [1.165, 1.54) is 6.07 Å². The molecule has 1 aliphatic rings. The predicted molar refractivity (Wildman–Crippen MR) is 113 cm³/mol. The zero-order valence-electron chi connectivity index (χ0n) is 18.0. The number of hydrogen-bond acceptors (Lipinski definition) is 4. The number of hydrogen-bond donors (Lipinski definition) is 2. The van der Waals surface area contributed by atoms with Gasteiger partial charge < -0.3 is 20.3 Å². The van der Waals surface area contributed by atoms with E-state index in [-0.39, 0.29) is 11.9 Å². The molecular weight excluding hydrogens is 373 g/mol. The van der Waals surface area contributed by atoms with Crippen LogP contribution >= 0.6 is 0 Å². The van der Waals surface area contributed by atoms with Crippen molar-refractivity contribution in [2.24, 2.45) is 4.99 Å². The summed E-state index contributed by atoms with van der Waals surface area (Å²) < 4.78 is 19.1. The summed E-state index contributed by atoms with van der Waals surface area (Å²) in [4.78, 5) is 20.4. The largest absolute Gasteiger partial charge is 0.444 e. The summed E-state index contributed by atoms with van der Waals surface area (Å²) in [5.74, 6) is 0.434. The summed E-state index contributed by atoms with van der Waals surface area (Å²) in [5, 5.41) is 6.39. The topological polar surface area (TPSA) is 69.2 Å². The third-order valence-corrected chi connectivity index (χ3v) is 4.60. The Hall–Kier alpha value is -2.35. The van der Waals surface area contributed by atoms with Gasteiger partial charge in [0.15, 0.2) is 5.96 Å². The molecule has 2 N–H and O–H groups in total. The first-order valence-corrected chi connectivity index (χ1v) is 10.2. The van der Waals surface area contributed by atoms with Gasteiger partial charge in [0.2, 0.25) is 0 Å². The van der Waals surface area contributed by atoms with Gasteiger partial charge in [-0.1, -0.05) is 18.2 Å². The second kappa shape index (κ2) is 11.0. The minimum Gasteiger partial charge on any atom is -0.444 e. The van der Waals surface area contributed by atoms with Crippen molar-refractivity contribution >= 4 is 12.1 Å². The lowest BCUT2D eigenvalue weighted by Gasteiger charge is -2.35. The Kier molecular flexibility index (Phi) is 8.70. The van der Waals surface area contributed by atoms with Crippen LogP contribution in [0.1, 0.15) is 32.8 Å². The molecule has 0 atom stereocenters. The second-order valence-corrected chi connectivity index (χ2v) is 8.11. The number of carbonyl (C=O) groups is 1. The van der Waals surface area contributed by atoms with Crippen molar-refractivity contribution in [3.63, 3.8) is 0 Å². The van der Waals surface area contributed by atoms with Crippen LogP contribution < -0.4 is 10.6 Å². The van der Waals surface area contributed by atoms with Gasteiger partial charge in [0.05, 0.1) is 0 Å². The van der Waals surface area contributed by atoms with E-state index in [1.54, 1.807) is 24.1 Å². The molecule has 0 spiro atoms. The normalized spacial score (nSPS) is 15.9. The SMILES string of the molecule is CN=C(NCCCN1CCN(C(=O)OC(C)(C)C)CC1)NCc1ccccc1F. The predicted octanol–water partition coefficient (Wildman–Crippen LogP) is 2.43. The van der Waals surface area contributed by atoms with E-state index in [1.807, 2.05) is 26.8 Å². The molecule has 7 nitrogen and oxygen atoms in total. The van der Waals surface area contributed by atoms with Crippen LogP contribution in [0.4, 0.5) is 9.18 Å². The van der Waals surface area contributed by atoms with Gasteiger partial charge in [-0.2, -0.15) is 0 Å². The lowest BCUT2D eigenvalue weighted by Crippen LogP contribution is -2.50. The van der Waals surface area contributed by atoms with Crippen LogP contribution in [0.25, 0.3) is 0 Å². The Labute approximate surface area is 173 Å². The highest BCUT2D eigenvalue weighted by atomic mass is 19.1. The minimum absolute atomic E-state index is 0.221. The van der Waals surface area contributed by atoms with E-state index in [2.05, 4.69) is 20.5 Å². The summed E-state index contributed by atoms with van der Waals surface area (Å²) >= 11 is 0. The molecule has 8 heteroatoms. The molecule has 0 bridgehead atoms. The molecule has 0 unspecified atom stereocenters. The second-order valence-electron chi connectivity index (χ2n) is 8.11. The molecule has 1 aliphatic heterocycles. The first-order valence-electron chi connectivity index (χ1n) is 10.2. The molecule has 1 fully saturated rings. The molecule has 0 saturated carbocycles. The first kappa shape index (κ1) is 22.9. The molecule has 1 heterocycles. The lowest BCUT2D eigenvalue weighted by molar-refractivity contribution is 0.0145. The highest BCUT2D eigenvalue weighted by Gasteiger charge is 2.25. The molecule has 29 heavy (non-hydrogen) atoms. The van der Waals surface area contributed by atoms with Gasteiger partial charge in [-0.3, -0.25) is 9.89 Å². The summed E-state index contributed by atoms with van der Waals surface area (Å²) in [6, 6.07) is 6.71. The van der Waals surface area contributed by atoms with Crippen LogP contribution in [0.2, 0.25) is 0 Å². The molecule has 1 aromatic rings. The zero-order chi connectivity index (χ0) is 21.3. The summed E-state index contributed by atoms with van der Waals surface area (Å²) in [6.45, 7) is 10.8. The summed E-state index contributed by atoms with van der Waals surface area (Å²) in [5.41, 5.74) is 0.150. The van der Waals surface area contributed by atoms with Crippen LogP contribution in [0.15, 0.2) is 29.3 Å². The number of carbonyl (C=O) groups excluding carboxylic acids is 1. The molecule has 1 amide bonds. The number of benzene rings is 1. The fourth-order valence-corrected chi connectivity index (χ4v) is 3.03. The number of aliphatic imine (C=N–C) groups is 1. The number of ether oxygens (including phenoxy) is 1. The maximum absolute atomic E-state index is 13.7. The first-order chi connectivity index (χ1) is 13.8. The third-order valence-electron chi connectivity index (χ3n) is 4.60. The Morgan fingerprint density at radius 2 is 1.86 bits per heavy atom. The number of halogens is 1. The smallest absolute Gasteiger partial charge is 0.410 e. The lowest BCUT2D eigenvalue weighted by atomic mass is 10.2. The van der Waals surface area contributed by atoms with Crippen molar-refractivity contribution in [2.45, 2.75) is 39.3 Å². The number of amides is 1. The van der Waals surface area contributed by atoms with E-state index in [0.29, 0.717) is 31.2 Å². The maximum Gasteiger partial charge on any atom is 0.410 e. The van der Waals surface area contributed by atoms with Gasteiger partial charge in [0.25, 0.3) is 0 Å². The van der Waals surface area contributed by atoms with E-state index in [9.17, 15) is 9.18 Å². The molecule has 2 rings (SSSR count). The van der Waals surface area contributed by atoms with Crippen LogP contribution in [0, 0.1) is 5.82 Å². The summed E-state index contributed by atoms with van der Waals surface area (Å²) in [7, 11) is 1.70. The van der Waals surface area contributed by atoms with Crippen molar-refractivity contribution in [1.82, 2.24) is 20.4 Å². The molecule has 1 saturated heterocycles. The standard InChI is InChI=1S/C21H34FN5O2/c1-21(2,3)29-20(28)27-14-12-26(13-15-27)11-7-10-24-19(23-4)25-16-17-8-5-6-9-18(17)22/h5-6,8-9H,7,10-16H2,1-4H3,(H2,23,24,25). The highest BCUT2D eigenvalue weighted by Crippen LogP contribution is 2.12. The van der Waals surface area contributed by atoms with Crippen molar-refractivity contribution < 1.29 is 13.9 Å². The monoisotopic (exact) mass is 407 g/mol. The Morgan fingerprint density at radius 1 is 1.17 bits per heavy atom. The molecule has 1 aromatic carbocycles. The Balaban J connectivity index is 1.61. The third kappa shape index (κ3) is 8.27. The van der Waals surface area contributed by atoms with Crippen LogP contribution in [-0.4, -0.2) is 73.8 Å². The number of nitrogens with one attached hydrogen (secondary N) is 2. The van der Waals surface area contributed by atoms with Crippen LogP contribution in [0.5, 0.6) is 0 Å². The average molecular weight is 408 g/mol. The van der Waals surface area contributed by atoms with Gasteiger partial charge in [-0.15, -0.1) is 0 Å². The molecule has 162 valence electrons. The fraction of sp³-hybridized carbons (Fsp3) is 0.619. The van der Waals surface area contributed by atoms with Gasteiger partial charge in [0.1, 0.15) is 11.4 Å². The molecule has 0 aliphatic carbocycles. The van der Waals surface area contributed by atoms with Gasteiger partial charge in [0, 0.05) is 51.9 Å². The highest BCUT2D eigenvalue weighted by molar-refractivity contribution is 5.79. The fourth-order valence-electron chi connectivity index (χ4n) is 3.03. The van der Waals surface area contributed by atoms with Crippen molar-refractivity contribution in [2.75, 3.05) is 46.3 Å². The Bertz CT molecular complexity index is 682.